The van der Waals surface area contributed by atoms with Gasteiger partial charge in [-0.2, -0.15) is 26.3 Å². The minimum absolute atomic E-state index is 0.0260. The largest absolute Gasteiger partial charge is 0.491 e. The first kappa shape index (κ1) is 34.4. The standard InChI is InChI=1S/C30H38F6O5/c1-8-26(41-27(6,7)9-2)38-19-18-37-21(5)40-25-16-12-23(13-17-25)28(29(31,32)33,30(34,35)36)22-10-14-24(15-11-22)39-20(3)4/h8,10-17,20-21,26H,1,9,18-19H2,2-7H3. The molecule has 2 unspecified atom stereocenters. The first-order valence-corrected chi connectivity index (χ1v) is 13.2. The van der Waals surface area contributed by atoms with Crippen LogP contribution in [0, 0.1) is 0 Å². The molecular weight excluding hydrogens is 554 g/mol. The molecule has 0 N–H and O–H groups in total. The van der Waals surface area contributed by atoms with Gasteiger partial charge in [0.25, 0.3) is 0 Å². The molecule has 0 bridgehead atoms. The fraction of sp³-hybridized carbons (Fsp3) is 0.533. The van der Waals surface area contributed by atoms with Crippen molar-refractivity contribution in [2.45, 2.75) is 90.0 Å². The summed E-state index contributed by atoms with van der Waals surface area (Å²) >= 11 is 0. The summed E-state index contributed by atoms with van der Waals surface area (Å²) in [5, 5.41) is 0. The Morgan fingerprint density at radius 1 is 0.732 bits per heavy atom. The van der Waals surface area contributed by atoms with Gasteiger partial charge in [0.2, 0.25) is 5.41 Å². The highest BCUT2D eigenvalue weighted by Crippen LogP contribution is 2.56. The van der Waals surface area contributed by atoms with Crippen LogP contribution >= 0.6 is 0 Å². The molecule has 0 aromatic heterocycles. The number of rotatable bonds is 15. The zero-order valence-electron chi connectivity index (χ0n) is 24.1. The van der Waals surface area contributed by atoms with Crippen molar-refractivity contribution >= 4 is 0 Å². The molecule has 5 nitrogen and oxygen atoms in total. The van der Waals surface area contributed by atoms with E-state index < -0.39 is 47.1 Å². The van der Waals surface area contributed by atoms with E-state index in [0.717, 1.165) is 55.0 Å². The summed E-state index contributed by atoms with van der Waals surface area (Å²) in [6.07, 6.45) is -11.0. The van der Waals surface area contributed by atoms with Crippen LogP contribution in [-0.4, -0.2) is 49.9 Å². The number of ether oxygens (including phenoxy) is 5. The normalized spacial score (nSPS) is 14.6. The number of hydrogen-bond acceptors (Lipinski definition) is 5. The molecule has 0 amide bonds. The molecule has 2 atom stereocenters. The molecule has 0 radical (unpaired) electrons. The minimum Gasteiger partial charge on any atom is -0.491 e. The molecule has 0 heterocycles. The highest BCUT2D eigenvalue weighted by Gasteiger charge is 2.72. The molecular formula is C30H38F6O5. The Hall–Kier alpha value is -2.76. The van der Waals surface area contributed by atoms with Gasteiger partial charge in [-0.3, -0.25) is 0 Å². The van der Waals surface area contributed by atoms with Gasteiger partial charge in [0, 0.05) is 0 Å². The van der Waals surface area contributed by atoms with Crippen LogP contribution < -0.4 is 9.47 Å². The maximum Gasteiger partial charge on any atom is 0.411 e. The maximum absolute atomic E-state index is 14.4. The molecule has 230 valence electrons. The van der Waals surface area contributed by atoms with Gasteiger partial charge in [0.05, 0.1) is 24.9 Å². The molecule has 41 heavy (non-hydrogen) atoms. The van der Waals surface area contributed by atoms with Gasteiger partial charge in [-0.15, -0.1) is 0 Å². The third kappa shape index (κ3) is 8.86. The summed E-state index contributed by atoms with van der Waals surface area (Å²) < 4.78 is 114. The van der Waals surface area contributed by atoms with Crippen LogP contribution in [0.15, 0.2) is 61.2 Å². The lowest BCUT2D eigenvalue weighted by molar-refractivity contribution is -0.288. The van der Waals surface area contributed by atoms with Gasteiger partial charge >= 0.3 is 12.4 Å². The Kier molecular flexibility index (Phi) is 11.7. The molecule has 0 aliphatic heterocycles. The number of hydrogen-bond donors (Lipinski definition) is 0. The average molecular weight is 593 g/mol. The number of benzene rings is 2. The van der Waals surface area contributed by atoms with Gasteiger partial charge in [-0.05, 0) is 82.5 Å². The van der Waals surface area contributed by atoms with Crippen molar-refractivity contribution < 1.29 is 50.0 Å². The molecule has 0 saturated carbocycles. The van der Waals surface area contributed by atoms with Crippen LogP contribution in [0.5, 0.6) is 11.5 Å². The van der Waals surface area contributed by atoms with E-state index in [1.807, 2.05) is 20.8 Å². The predicted octanol–water partition coefficient (Wildman–Crippen LogP) is 8.36. The smallest absolute Gasteiger partial charge is 0.411 e. The summed E-state index contributed by atoms with van der Waals surface area (Å²) in [6, 6.07) is 7.35. The van der Waals surface area contributed by atoms with Crippen LogP contribution in [0.1, 0.15) is 59.1 Å². The Bertz CT molecular complexity index is 1060. The van der Waals surface area contributed by atoms with Crippen molar-refractivity contribution in [3.05, 3.63) is 72.3 Å². The van der Waals surface area contributed by atoms with Gasteiger partial charge in [0.1, 0.15) is 11.5 Å². The van der Waals surface area contributed by atoms with Crippen molar-refractivity contribution in [1.29, 1.82) is 0 Å². The summed E-state index contributed by atoms with van der Waals surface area (Å²) in [6.45, 7) is 14.6. The summed E-state index contributed by atoms with van der Waals surface area (Å²) in [4.78, 5) is 0. The van der Waals surface area contributed by atoms with Gasteiger partial charge in [0.15, 0.2) is 12.6 Å². The predicted molar refractivity (Wildman–Crippen MR) is 143 cm³/mol. The average Bonchev–Trinajstić information content (AvgIpc) is 2.86. The topological polar surface area (TPSA) is 46.2 Å². The Labute approximate surface area is 237 Å². The first-order chi connectivity index (χ1) is 19.0. The van der Waals surface area contributed by atoms with Gasteiger partial charge in [-0.1, -0.05) is 37.8 Å². The lowest BCUT2D eigenvalue weighted by Crippen LogP contribution is -2.54. The zero-order valence-corrected chi connectivity index (χ0v) is 24.1. The van der Waals surface area contributed by atoms with Crippen LogP contribution in [0.4, 0.5) is 26.3 Å². The Morgan fingerprint density at radius 2 is 1.17 bits per heavy atom. The highest BCUT2D eigenvalue weighted by molar-refractivity contribution is 5.47. The van der Waals surface area contributed by atoms with Crippen molar-refractivity contribution in [3.63, 3.8) is 0 Å². The second kappa shape index (κ2) is 13.9. The first-order valence-electron chi connectivity index (χ1n) is 13.2. The minimum atomic E-state index is -5.70. The van der Waals surface area contributed by atoms with Gasteiger partial charge in [-0.25, -0.2) is 0 Å². The molecule has 0 aliphatic carbocycles. The van der Waals surface area contributed by atoms with E-state index in [1.54, 1.807) is 13.8 Å². The van der Waals surface area contributed by atoms with Crippen LogP contribution in [0.3, 0.4) is 0 Å². The molecule has 0 aliphatic rings. The van der Waals surface area contributed by atoms with E-state index >= 15 is 0 Å². The van der Waals surface area contributed by atoms with E-state index in [4.69, 9.17) is 23.7 Å². The Balaban J connectivity index is 2.17. The zero-order chi connectivity index (χ0) is 31.1. The second-order valence-electron chi connectivity index (χ2n) is 10.2. The van der Waals surface area contributed by atoms with E-state index in [0.29, 0.717) is 0 Å². The SMILES string of the molecule is C=CC(OCCOC(C)Oc1ccc(C(c2ccc(OC(C)C)cc2)(C(F)(F)F)C(F)(F)F)cc1)OC(C)(C)CC. The molecule has 0 saturated heterocycles. The van der Waals surface area contributed by atoms with Crippen LogP contribution in [0.25, 0.3) is 0 Å². The second-order valence-corrected chi connectivity index (χ2v) is 10.2. The van der Waals surface area contributed by atoms with Crippen molar-refractivity contribution in [3.8, 4) is 11.5 Å². The van der Waals surface area contributed by atoms with Crippen molar-refractivity contribution in [2.24, 2.45) is 0 Å². The third-order valence-corrected chi connectivity index (χ3v) is 6.30. The van der Waals surface area contributed by atoms with Crippen molar-refractivity contribution in [2.75, 3.05) is 13.2 Å². The molecule has 2 aromatic carbocycles. The summed E-state index contributed by atoms with van der Waals surface area (Å²) in [7, 11) is 0. The van der Waals surface area contributed by atoms with E-state index in [9.17, 15) is 26.3 Å². The molecule has 0 spiro atoms. The number of halogens is 6. The fourth-order valence-electron chi connectivity index (χ4n) is 3.97. The quantitative estimate of drug-likeness (QED) is 0.0900. The van der Waals surface area contributed by atoms with Crippen LogP contribution in [0.2, 0.25) is 0 Å². The van der Waals surface area contributed by atoms with E-state index in [-0.39, 0.29) is 30.8 Å². The third-order valence-electron chi connectivity index (χ3n) is 6.30. The molecule has 0 fully saturated rings. The van der Waals surface area contributed by atoms with Gasteiger partial charge < -0.3 is 23.7 Å². The summed E-state index contributed by atoms with van der Waals surface area (Å²) in [5.74, 6) is 0.181. The monoisotopic (exact) mass is 592 g/mol. The molecule has 2 rings (SSSR count). The highest BCUT2D eigenvalue weighted by atomic mass is 19.4. The van der Waals surface area contributed by atoms with E-state index in [2.05, 4.69) is 6.58 Å². The van der Waals surface area contributed by atoms with Crippen molar-refractivity contribution in [1.82, 2.24) is 0 Å². The molecule has 11 heteroatoms. The number of alkyl halides is 6. The fourth-order valence-corrected chi connectivity index (χ4v) is 3.97. The maximum atomic E-state index is 14.4. The Morgan fingerprint density at radius 3 is 1.56 bits per heavy atom. The summed E-state index contributed by atoms with van der Waals surface area (Å²) in [5.41, 5.74) is -6.67. The lowest BCUT2D eigenvalue weighted by Gasteiger charge is -2.38. The molecule has 2 aromatic rings. The van der Waals surface area contributed by atoms with Crippen LogP contribution in [-0.2, 0) is 19.6 Å². The lowest BCUT2D eigenvalue weighted by atomic mass is 9.73. The van der Waals surface area contributed by atoms with E-state index in [1.165, 1.54) is 13.0 Å².